The Kier molecular flexibility index (Phi) is 5.30. The molecule has 1 atom stereocenters. The number of hydrogen-bond donors (Lipinski definition) is 1. The van der Waals surface area contributed by atoms with Crippen molar-refractivity contribution in [3.05, 3.63) is 0 Å². The lowest BCUT2D eigenvalue weighted by Crippen LogP contribution is -2.34. The van der Waals surface area contributed by atoms with E-state index in [1.54, 1.807) is 0 Å². The highest BCUT2D eigenvalue weighted by atomic mass is 16.2. The number of carbonyl (C=O) groups is 1. The van der Waals surface area contributed by atoms with Crippen LogP contribution >= 0.6 is 0 Å². The molecule has 0 saturated carbocycles. The van der Waals surface area contributed by atoms with Crippen molar-refractivity contribution in [1.82, 2.24) is 10.2 Å². The number of hydrogen-bond acceptors (Lipinski definition) is 2. The second-order valence-corrected chi connectivity index (χ2v) is 5.48. The summed E-state index contributed by atoms with van der Waals surface area (Å²) in [6.45, 7) is 3.14. The molecule has 1 amide bonds. The smallest absolute Gasteiger partial charge is 0.222 e. The Morgan fingerprint density at radius 2 is 1.76 bits per heavy atom. The van der Waals surface area contributed by atoms with Gasteiger partial charge < -0.3 is 10.2 Å². The molecule has 0 aromatic rings. The minimum atomic E-state index is 0.389. The molecule has 0 aliphatic carbocycles. The number of amides is 1. The van der Waals surface area contributed by atoms with E-state index in [2.05, 4.69) is 10.2 Å². The third-order valence-electron chi connectivity index (χ3n) is 4.08. The maximum absolute atomic E-state index is 12.1. The van der Waals surface area contributed by atoms with Gasteiger partial charge in [0, 0.05) is 25.6 Å². The molecule has 17 heavy (non-hydrogen) atoms. The molecule has 2 aliphatic rings. The monoisotopic (exact) mass is 238 g/mol. The van der Waals surface area contributed by atoms with Crippen LogP contribution in [0.3, 0.4) is 0 Å². The summed E-state index contributed by atoms with van der Waals surface area (Å²) in [7, 11) is 0. The Balaban J connectivity index is 1.69. The van der Waals surface area contributed by atoms with Gasteiger partial charge in [0.05, 0.1) is 0 Å². The molecule has 3 heteroatoms. The van der Waals surface area contributed by atoms with Gasteiger partial charge >= 0.3 is 0 Å². The molecule has 1 unspecified atom stereocenters. The van der Waals surface area contributed by atoms with E-state index in [0.29, 0.717) is 11.9 Å². The maximum Gasteiger partial charge on any atom is 0.222 e. The van der Waals surface area contributed by atoms with E-state index >= 15 is 0 Å². The zero-order chi connectivity index (χ0) is 11.9. The first-order valence-electron chi connectivity index (χ1n) is 7.37. The Morgan fingerprint density at radius 3 is 2.41 bits per heavy atom. The second-order valence-electron chi connectivity index (χ2n) is 5.48. The summed E-state index contributed by atoms with van der Waals surface area (Å²) >= 11 is 0. The van der Waals surface area contributed by atoms with Gasteiger partial charge in [-0.2, -0.15) is 0 Å². The molecule has 98 valence electrons. The predicted molar refractivity (Wildman–Crippen MR) is 69.9 cm³/mol. The first kappa shape index (κ1) is 12.9. The van der Waals surface area contributed by atoms with Crippen molar-refractivity contribution in [1.29, 1.82) is 0 Å². The van der Waals surface area contributed by atoms with Gasteiger partial charge in [-0.25, -0.2) is 0 Å². The molecule has 0 aromatic carbocycles. The third kappa shape index (κ3) is 4.30. The van der Waals surface area contributed by atoms with Crippen LogP contribution in [-0.2, 0) is 4.79 Å². The van der Waals surface area contributed by atoms with E-state index in [9.17, 15) is 4.79 Å². The summed E-state index contributed by atoms with van der Waals surface area (Å²) in [5.74, 6) is 0.389. The van der Waals surface area contributed by atoms with Crippen LogP contribution in [0.5, 0.6) is 0 Å². The molecule has 0 bridgehead atoms. The summed E-state index contributed by atoms with van der Waals surface area (Å²) < 4.78 is 0. The molecular weight excluding hydrogens is 212 g/mol. The molecule has 2 rings (SSSR count). The molecule has 3 nitrogen and oxygen atoms in total. The molecular formula is C14H26N2O. The first-order valence-corrected chi connectivity index (χ1v) is 7.37. The summed E-state index contributed by atoms with van der Waals surface area (Å²) in [5, 5.41) is 3.47. The zero-order valence-corrected chi connectivity index (χ0v) is 10.9. The van der Waals surface area contributed by atoms with Gasteiger partial charge in [0.15, 0.2) is 0 Å². The molecule has 0 spiro atoms. The minimum Gasteiger partial charge on any atom is -0.343 e. The van der Waals surface area contributed by atoms with Crippen LogP contribution in [0.25, 0.3) is 0 Å². The molecule has 1 N–H and O–H groups in total. The number of rotatable bonds is 3. The number of nitrogens with zero attached hydrogens (tertiary/aromatic N) is 1. The first-order chi connectivity index (χ1) is 8.36. The van der Waals surface area contributed by atoms with Crippen LogP contribution in [0, 0.1) is 0 Å². The van der Waals surface area contributed by atoms with Crippen LogP contribution in [0.1, 0.15) is 57.8 Å². The fourth-order valence-corrected chi connectivity index (χ4v) is 2.96. The Labute approximate surface area is 105 Å². The number of nitrogens with one attached hydrogen (secondary N) is 1. The SMILES string of the molecule is O=C(CCC1CCCN1)N1CCCCCCC1. The van der Waals surface area contributed by atoms with Gasteiger partial charge in [0.1, 0.15) is 0 Å². The third-order valence-corrected chi connectivity index (χ3v) is 4.08. The molecule has 0 aromatic heterocycles. The highest BCUT2D eigenvalue weighted by Gasteiger charge is 2.18. The topological polar surface area (TPSA) is 32.3 Å². The van der Waals surface area contributed by atoms with Crippen molar-refractivity contribution in [2.24, 2.45) is 0 Å². The second kappa shape index (κ2) is 7.00. The van der Waals surface area contributed by atoms with Gasteiger partial charge in [-0.1, -0.05) is 19.3 Å². The van der Waals surface area contributed by atoms with Gasteiger partial charge in [-0.3, -0.25) is 4.79 Å². The molecule has 2 aliphatic heterocycles. The fraction of sp³-hybridized carbons (Fsp3) is 0.929. The minimum absolute atomic E-state index is 0.389. The summed E-state index contributed by atoms with van der Waals surface area (Å²) in [6.07, 6.45) is 10.7. The van der Waals surface area contributed by atoms with Crippen molar-refractivity contribution in [3.63, 3.8) is 0 Å². The quantitative estimate of drug-likeness (QED) is 0.818. The van der Waals surface area contributed by atoms with Crippen LogP contribution in [0.15, 0.2) is 0 Å². The largest absolute Gasteiger partial charge is 0.343 e. The fourth-order valence-electron chi connectivity index (χ4n) is 2.96. The summed E-state index contributed by atoms with van der Waals surface area (Å²) in [4.78, 5) is 14.2. The van der Waals surface area contributed by atoms with E-state index in [4.69, 9.17) is 0 Å². The molecule has 0 radical (unpaired) electrons. The van der Waals surface area contributed by atoms with E-state index in [1.165, 1.54) is 44.9 Å². The lowest BCUT2D eigenvalue weighted by atomic mass is 10.1. The predicted octanol–water partition coefficient (Wildman–Crippen LogP) is 2.31. The Hall–Kier alpha value is -0.570. The number of likely N-dealkylation sites (tertiary alicyclic amines) is 1. The normalized spacial score (nSPS) is 26.6. The van der Waals surface area contributed by atoms with E-state index in [0.717, 1.165) is 32.5 Å². The standard InChI is InChI=1S/C14H26N2O/c17-14(9-8-13-7-6-10-15-13)16-11-4-2-1-3-5-12-16/h13,15H,1-12H2. The van der Waals surface area contributed by atoms with Gasteiger partial charge in [0.2, 0.25) is 5.91 Å². The van der Waals surface area contributed by atoms with Crippen molar-refractivity contribution in [3.8, 4) is 0 Å². The van der Waals surface area contributed by atoms with Gasteiger partial charge in [-0.15, -0.1) is 0 Å². The highest BCUT2D eigenvalue weighted by Crippen LogP contribution is 2.14. The maximum atomic E-state index is 12.1. The number of carbonyl (C=O) groups excluding carboxylic acids is 1. The van der Waals surface area contributed by atoms with Crippen molar-refractivity contribution >= 4 is 5.91 Å². The van der Waals surface area contributed by atoms with Crippen LogP contribution in [0.2, 0.25) is 0 Å². The zero-order valence-electron chi connectivity index (χ0n) is 10.9. The molecule has 2 fully saturated rings. The van der Waals surface area contributed by atoms with Gasteiger partial charge in [-0.05, 0) is 38.6 Å². The van der Waals surface area contributed by atoms with Gasteiger partial charge in [0.25, 0.3) is 0 Å². The highest BCUT2D eigenvalue weighted by molar-refractivity contribution is 5.76. The molecule has 2 heterocycles. The molecule has 2 saturated heterocycles. The van der Waals surface area contributed by atoms with Crippen molar-refractivity contribution in [2.45, 2.75) is 63.8 Å². The average Bonchev–Trinajstić information content (AvgIpc) is 2.78. The van der Waals surface area contributed by atoms with E-state index in [-0.39, 0.29) is 0 Å². The Morgan fingerprint density at radius 1 is 1.06 bits per heavy atom. The van der Waals surface area contributed by atoms with Crippen molar-refractivity contribution in [2.75, 3.05) is 19.6 Å². The van der Waals surface area contributed by atoms with Crippen molar-refractivity contribution < 1.29 is 4.79 Å². The van der Waals surface area contributed by atoms with E-state index in [1.807, 2.05) is 0 Å². The summed E-state index contributed by atoms with van der Waals surface area (Å²) in [6, 6.07) is 0.605. The van der Waals surface area contributed by atoms with Crippen LogP contribution in [0.4, 0.5) is 0 Å². The van der Waals surface area contributed by atoms with Crippen LogP contribution in [-0.4, -0.2) is 36.5 Å². The van der Waals surface area contributed by atoms with E-state index < -0.39 is 0 Å². The summed E-state index contributed by atoms with van der Waals surface area (Å²) in [5.41, 5.74) is 0. The Bertz CT molecular complexity index is 228. The average molecular weight is 238 g/mol. The lowest BCUT2D eigenvalue weighted by molar-refractivity contribution is -0.131. The lowest BCUT2D eigenvalue weighted by Gasteiger charge is -2.25. The van der Waals surface area contributed by atoms with Crippen LogP contribution < -0.4 is 5.32 Å².